The number of aromatic nitrogens is 2. The van der Waals surface area contributed by atoms with Crippen LogP contribution in [0.15, 0.2) is 35.2 Å². The van der Waals surface area contributed by atoms with E-state index in [1.54, 1.807) is 4.90 Å². The first kappa shape index (κ1) is 15.5. The number of aryl methyl sites for hydroxylation is 1. The SMILES string of the molecule is CCc1ccccc1OCC(=O)N1CCOC[C@H]1c1ncon1. The second-order valence-corrected chi connectivity index (χ2v) is 5.22. The summed E-state index contributed by atoms with van der Waals surface area (Å²) in [4.78, 5) is 18.2. The van der Waals surface area contributed by atoms with Crippen molar-refractivity contribution >= 4 is 5.91 Å². The molecular formula is C16H19N3O4. The highest BCUT2D eigenvalue weighted by molar-refractivity contribution is 5.78. The summed E-state index contributed by atoms with van der Waals surface area (Å²) in [5, 5.41) is 3.82. The zero-order valence-electron chi connectivity index (χ0n) is 13.0. The van der Waals surface area contributed by atoms with Gasteiger partial charge in [0.15, 0.2) is 12.4 Å². The van der Waals surface area contributed by atoms with Crippen molar-refractivity contribution < 1.29 is 18.8 Å². The third-order valence-electron chi connectivity index (χ3n) is 3.83. The van der Waals surface area contributed by atoms with Gasteiger partial charge < -0.3 is 18.9 Å². The quantitative estimate of drug-likeness (QED) is 0.834. The fourth-order valence-corrected chi connectivity index (χ4v) is 2.60. The molecule has 0 aliphatic carbocycles. The minimum Gasteiger partial charge on any atom is -0.483 e. The summed E-state index contributed by atoms with van der Waals surface area (Å²) in [6.07, 6.45) is 2.11. The van der Waals surface area contributed by atoms with Crippen molar-refractivity contribution in [2.24, 2.45) is 0 Å². The number of rotatable bonds is 5. The molecule has 2 heterocycles. The lowest BCUT2D eigenvalue weighted by Gasteiger charge is -2.33. The van der Waals surface area contributed by atoms with Gasteiger partial charge in [0.1, 0.15) is 11.8 Å². The van der Waals surface area contributed by atoms with Gasteiger partial charge in [-0.1, -0.05) is 30.3 Å². The molecule has 1 atom stereocenters. The molecule has 0 spiro atoms. The molecule has 1 aromatic carbocycles. The topological polar surface area (TPSA) is 77.7 Å². The van der Waals surface area contributed by atoms with E-state index in [4.69, 9.17) is 14.0 Å². The van der Waals surface area contributed by atoms with Crippen molar-refractivity contribution in [3.8, 4) is 5.75 Å². The van der Waals surface area contributed by atoms with E-state index in [9.17, 15) is 4.79 Å². The normalized spacial score (nSPS) is 18.0. The highest BCUT2D eigenvalue weighted by Gasteiger charge is 2.31. The summed E-state index contributed by atoms with van der Waals surface area (Å²) >= 11 is 0. The molecule has 23 heavy (non-hydrogen) atoms. The highest BCUT2D eigenvalue weighted by atomic mass is 16.5. The van der Waals surface area contributed by atoms with Crippen molar-refractivity contribution in [1.29, 1.82) is 0 Å². The van der Waals surface area contributed by atoms with E-state index in [1.165, 1.54) is 6.39 Å². The number of hydrogen-bond donors (Lipinski definition) is 0. The maximum absolute atomic E-state index is 12.5. The second kappa shape index (κ2) is 7.23. The molecule has 1 aromatic heterocycles. The van der Waals surface area contributed by atoms with E-state index in [0.717, 1.165) is 17.7 Å². The number of morpholine rings is 1. The van der Waals surface area contributed by atoms with Gasteiger partial charge in [-0.3, -0.25) is 4.79 Å². The fourth-order valence-electron chi connectivity index (χ4n) is 2.60. The van der Waals surface area contributed by atoms with E-state index in [1.807, 2.05) is 24.3 Å². The first-order chi connectivity index (χ1) is 11.3. The Morgan fingerprint density at radius 1 is 1.43 bits per heavy atom. The lowest BCUT2D eigenvalue weighted by molar-refractivity contribution is -0.142. The van der Waals surface area contributed by atoms with Crippen LogP contribution in [0.2, 0.25) is 0 Å². The van der Waals surface area contributed by atoms with Gasteiger partial charge in [0.25, 0.3) is 5.91 Å². The van der Waals surface area contributed by atoms with Gasteiger partial charge in [0, 0.05) is 6.54 Å². The number of ether oxygens (including phenoxy) is 2. The Hall–Kier alpha value is -2.41. The summed E-state index contributed by atoms with van der Waals surface area (Å²) in [7, 11) is 0. The predicted octanol–water partition coefficient (Wildman–Crippen LogP) is 1.61. The Kier molecular flexibility index (Phi) is 4.87. The zero-order chi connectivity index (χ0) is 16.1. The summed E-state index contributed by atoms with van der Waals surface area (Å²) in [5.74, 6) is 1.08. The molecule has 0 bridgehead atoms. The lowest BCUT2D eigenvalue weighted by Crippen LogP contribution is -2.45. The van der Waals surface area contributed by atoms with Crippen LogP contribution in [0.1, 0.15) is 24.4 Å². The molecule has 122 valence electrons. The number of amides is 1. The number of nitrogens with zero attached hydrogens (tertiary/aromatic N) is 3. The fraction of sp³-hybridized carbons (Fsp3) is 0.438. The predicted molar refractivity (Wildman–Crippen MR) is 80.9 cm³/mol. The Bertz CT molecular complexity index is 645. The van der Waals surface area contributed by atoms with Crippen molar-refractivity contribution in [3.05, 3.63) is 42.0 Å². The van der Waals surface area contributed by atoms with E-state index in [0.29, 0.717) is 25.6 Å². The van der Waals surface area contributed by atoms with Gasteiger partial charge in [0.05, 0.1) is 13.2 Å². The van der Waals surface area contributed by atoms with Crippen LogP contribution < -0.4 is 4.74 Å². The van der Waals surface area contributed by atoms with E-state index in [-0.39, 0.29) is 18.6 Å². The summed E-state index contributed by atoms with van der Waals surface area (Å²) in [6.45, 7) is 3.36. The van der Waals surface area contributed by atoms with Gasteiger partial charge in [-0.2, -0.15) is 4.98 Å². The molecule has 1 aliphatic rings. The molecule has 1 fully saturated rings. The molecule has 1 aliphatic heterocycles. The first-order valence-electron chi connectivity index (χ1n) is 7.63. The lowest BCUT2D eigenvalue weighted by atomic mass is 10.1. The van der Waals surface area contributed by atoms with Crippen LogP contribution in [0.25, 0.3) is 0 Å². The largest absolute Gasteiger partial charge is 0.483 e. The molecule has 7 heteroatoms. The van der Waals surface area contributed by atoms with Crippen LogP contribution in [-0.4, -0.2) is 47.3 Å². The maximum atomic E-state index is 12.5. The van der Waals surface area contributed by atoms with Crippen molar-refractivity contribution in [2.45, 2.75) is 19.4 Å². The van der Waals surface area contributed by atoms with Crippen LogP contribution in [0.4, 0.5) is 0 Å². The van der Waals surface area contributed by atoms with Gasteiger partial charge in [0.2, 0.25) is 6.39 Å². The molecule has 1 amide bonds. The third kappa shape index (κ3) is 3.50. The number of para-hydroxylation sites is 1. The van der Waals surface area contributed by atoms with Crippen LogP contribution in [0.5, 0.6) is 5.75 Å². The average molecular weight is 317 g/mol. The number of carbonyl (C=O) groups excluding carboxylic acids is 1. The molecule has 1 saturated heterocycles. The van der Waals surface area contributed by atoms with Crippen molar-refractivity contribution in [2.75, 3.05) is 26.4 Å². The van der Waals surface area contributed by atoms with Crippen LogP contribution in [0, 0.1) is 0 Å². The molecular weight excluding hydrogens is 298 g/mol. The van der Waals surface area contributed by atoms with Gasteiger partial charge in [-0.05, 0) is 18.1 Å². The third-order valence-corrected chi connectivity index (χ3v) is 3.83. The molecule has 2 aromatic rings. The molecule has 0 N–H and O–H groups in total. The van der Waals surface area contributed by atoms with Crippen molar-refractivity contribution in [1.82, 2.24) is 15.0 Å². The van der Waals surface area contributed by atoms with Gasteiger partial charge >= 0.3 is 0 Å². The van der Waals surface area contributed by atoms with E-state index >= 15 is 0 Å². The molecule has 0 unspecified atom stereocenters. The molecule has 7 nitrogen and oxygen atoms in total. The smallest absolute Gasteiger partial charge is 0.261 e. The van der Waals surface area contributed by atoms with Crippen LogP contribution >= 0.6 is 0 Å². The van der Waals surface area contributed by atoms with Crippen LogP contribution in [0.3, 0.4) is 0 Å². The maximum Gasteiger partial charge on any atom is 0.261 e. The van der Waals surface area contributed by atoms with Crippen molar-refractivity contribution in [3.63, 3.8) is 0 Å². The Labute approximate surface area is 134 Å². The second-order valence-electron chi connectivity index (χ2n) is 5.22. The Morgan fingerprint density at radius 2 is 2.30 bits per heavy atom. The summed E-state index contributed by atoms with van der Waals surface area (Å²) in [6, 6.07) is 7.40. The van der Waals surface area contributed by atoms with Gasteiger partial charge in [-0.15, -0.1) is 0 Å². The minimum absolute atomic E-state index is 0.0225. The minimum atomic E-state index is -0.333. The summed E-state index contributed by atoms with van der Waals surface area (Å²) in [5.41, 5.74) is 1.08. The number of carbonyl (C=O) groups is 1. The summed E-state index contributed by atoms with van der Waals surface area (Å²) < 4.78 is 15.9. The number of benzene rings is 1. The van der Waals surface area contributed by atoms with E-state index < -0.39 is 0 Å². The monoisotopic (exact) mass is 317 g/mol. The zero-order valence-corrected chi connectivity index (χ0v) is 13.0. The first-order valence-corrected chi connectivity index (χ1v) is 7.63. The van der Waals surface area contributed by atoms with E-state index in [2.05, 4.69) is 17.1 Å². The van der Waals surface area contributed by atoms with Crippen LogP contribution in [-0.2, 0) is 16.0 Å². The average Bonchev–Trinajstić information content (AvgIpc) is 3.14. The Balaban J connectivity index is 1.66. The highest BCUT2D eigenvalue weighted by Crippen LogP contribution is 2.22. The Morgan fingerprint density at radius 3 is 3.09 bits per heavy atom. The molecule has 0 radical (unpaired) electrons. The molecule has 0 saturated carbocycles. The molecule has 3 rings (SSSR count). The van der Waals surface area contributed by atoms with Gasteiger partial charge in [-0.25, -0.2) is 0 Å². The number of hydrogen-bond acceptors (Lipinski definition) is 6. The standard InChI is InChI=1S/C16H19N3O4/c1-2-12-5-3-4-6-14(12)22-10-15(20)19-7-8-21-9-13(19)16-17-11-23-18-16/h3-6,11,13H,2,7-10H2,1H3/t13-/m0/s1.